The van der Waals surface area contributed by atoms with Crippen LogP contribution in [0.5, 0.6) is 5.75 Å². The van der Waals surface area contributed by atoms with Gasteiger partial charge in [0.25, 0.3) is 0 Å². The highest BCUT2D eigenvalue weighted by molar-refractivity contribution is 6.31. The number of rotatable bonds is 8. The lowest BCUT2D eigenvalue weighted by atomic mass is 9.91. The Hall–Kier alpha value is -2.53. The normalized spacial score (nSPS) is 11.0. The molecule has 0 atom stereocenters. The topological polar surface area (TPSA) is 67.4 Å². The molecule has 0 saturated carbocycles. The van der Waals surface area contributed by atoms with Gasteiger partial charge in [0.05, 0.1) is 7.11 Å². The molecule has 0 spiro atoms. The van der Waals surface area contributed by atoms with Crippen LogP contribution in [0.15, 0.2) is 48.5 Å². The molecule has 2 N–H and O–H groups in total. The summed E-state index contributed by atoms with van der Waals surface area (Å²) in [5, 5.41) is 6.20. The summed E-state index contributed by atoms with van der Waals surface area (Å²) >= 11 is 6.10. The van der Waals surface area contributed by atoms with Crippen molar-refractivity contribution in [2.45, 2.75) is 26.8 Å². The molecule has 0 aromatic heterocycles. The highest BCUT2D eigenvalue weighted by atomic mass is 35.5. The van der Waals surface area contributed by atoms with Gasteiger partial charge in [-0.25, -0.2) is 0 Å². The zero-order valence-corrected chi connectivity index (χ0v) is 16.6. The largest absolute Gasteiger partial charge is 0.496 e. The number of amides is 2. The molecule has 0 aliphatic rings. The Bertz CT molecular complexity index is 806. The number of benzene rings is 2. The number of hydrogen-bond acceptors (Lipinski definition) is 3. The van der Waals surface area contributed by atoms with E-state index < -0.39 is 5.41 Å². The molecule has 0 aliphatic heterocycles. The summed E-state index contributed by atoms with van der Waals surface area (Å²) in [5.41, 5.74) is 0.614. The van der Waals surface area contributed by atoms with Crippen molar-refractivity contribution in [2.75, 3.05) is 13.7 Å². The van der Waals surface area contributed by atoms with Crippen molar-refractivity contribution in [3.63, 3.8) is 0 Å². The highest BCUT2D eigenvalue weighted by Crippen LogP contribution is 2.19. The summed E-state index contributed by atoms with van der Waals surface area (Å²) in [6.45, 7) is 3.90. The maximum Gasteiger partial charge on any atom is 0.235 e. The number of methoxy groups -OCH3 is 1. The van der Waals surface area contributed by atoms with Crippen molar-refractivity contribution < 1.29 is 14.3 Å². The zero-order chi connectivity index (χ0) is 19.9. The first-order valence-electron chi connectivity index (χ1n) is 8.78. The summed E-state index contributed by atoms with van der Waals surface area (Å²) in [6.07, 6.45) is 0.618. The van der Waals surface area contributed by atoms with Gasteiger partial charge in [-0.1, -0.05) is 48.0 Å². The lowest BCUT2D eigenvalue weighted by Crippen LogP contribution is -2.48. The van der Waals surface area contributed by atoms with Crippen molar-refractivity contribution in [1.29, 1.82) is 0 Å². The molecular weight excluding hydrogens is 364 g/mol. The maximum atomic E-state index is 12.5. The van der Waals surface area contributed by atoms with Gasteiger partial charge in [-0.2, -0.15) is 0 Å². The molecule has 0 heterocycles. The molecule has 6 heteroatoms. The molecule has 27 heavy (non-hydrogen) atoms. The minimum Gasteiger partial charge on any atom is -0.496 e. The van der Waals surface area contributed by atoms with Crippen LogP contribution in [-0.4, -0.2) is 25.5 Å². The van der Waals surface area contributed by atoms with Crippen LogP contribution in [0.2, 0.25) is 5.02 Å². The summed E-state index contributed by atoms with van der Waals surface area (Å²) in [7, 11) is 1.61. The van der Waals surface area contributed by atoms with Crippen LogP contribution in [0.4, 0.5) is 0 Å². The first-order chi connectivity index (χ1) is 12.9. The number of hydrogen-bond donors (Lipinski definition) is 2. The van der Waals surface area contributed by atoms with Gasteiger partial charge in [-0.15, -0.1) is 0 Å². The van der Waals surface area contributed by atoms with Crippen molar-refractivity contribution in [2.24, 2.45) is 5.41 Å². The van der Waals surface area contributed by atoms with Crippen LogP contribution in [-0.2, 0) is 22.6 Å². The maximum absolute atomic E-state index is 12.5. The van der Waals surface area contributed by atoms with E-state index in [4.69, 9.17) is 16.3 Å². The average molecular weight is 389 g/mol. The van der Waals surface area contributed by atoms with E-state index in [1.165, 1.54) is 0 Å². The Morgan fingerprint density at radius 3 is 2.22 bits per heavy atom. The predicted octanol–water partition coefficient (Wildman–Crippen LogP) is 3.35. The second-order valence-electron chi connectivity index (χ2n) is 6.72. The summed E-state index contributed by atoms with van der Waals surface area (Å²) in [6, 6.07) is 14.9. The van der Waals surface area contributed by atoms with Crippen molar-refractivity contribution >= 4 is 23.4 Å². The van der Waals surface area contributed by atoms with Crippen LogP contribution >= 0.6 is 11.6 Å². The van der Waals surface area contributed by atoms with Crippen LogP contribution in [0, 0.1) is 5.41 Å². The predicted molar refractivity (Wildman–Crippen MR) is 107 cm³/mol. The van der Waals surface area contributed by atoms with E-state index in [2.05, 4.69) is 10.6 Å². The molecular formula is C21H25ClN2O3. The van der Waals surface area contributed by atoms with Gasteiger partial charge in [-0.05, 0) is 43.5 Å². The number of nitrogens with one attached hydrogen (secondary N) is 2. The van der Waals surface area contributed by atoms with Gasteiger partial charge in [0.2, 0.25) is 11.8 Å². The standard InChI is InChI=1S/C21H25ClN2O3/c1-21(2,20(26)24-14-16-9-4-6-10-17(16)22)19(25)23-13-12-15-8-5-7-11-18(15)27-3/h4-11H,12-14H2,1-3H3,(H,23,25)(H,24,26). The molecule has 2 amide bonds. The van der Waals surface area contributed by atoms with Crippen LogP contribution in [0.25, 0.3) is 0 Å². The summed E-state index contributed by atoms with van der Waals surface area (Å²) in [4.78, 5) is 25.0. The van der Waals surface area contributed by atoms with Crippen LogP contribution in [0.3, 0.4) is 0 Å². The number of carbonyl (C=O) groups excluding carboxylic acids is 2. The Morgan fingerprint density at radius 2 is 1.56 bits per heavy atom. The van der Waals surface area contributed by atoms with Gasteiger partial charge in [0.1, 0.15) is 11.2 Å². The van der Waals surface area contributed by atoms with E-state index >= 15 is 0 Å². The highest BCUT2D eigenvalue weighted by Gasteiger charge is 2.35. The van der Waals surface area contributed by atoms with Crippen LogP contribution in [0.1, 0.15) is 25.0 Å². The fraction of sp³-hybridized carbons (Fsp3) is 0.333. The van der Waals surface area contributed by atoms with Gasteiger partial charge in [0.15, 0.2) is 0 Å². The molecule has 0 unspecified atom stereocenters. The van der Waals surface area contributed by atoms with E-state index in [9.17, 15) is 9.59 Å². The SMILES string of the molecule is COc1ccccc1CCNC(=O)C(C)(C)C(=O)NCc1ccccc1Cl. The molecule has 0 fully saturated rings. The monoisotopic (exact) mass is 388 g/mol. The Balaban J connectivity index is 1.88. The molecule has 2 aromatic rings. The number of carbonyl (C=O) groups is 2. The fourth-order valence-corrected chi connectivity index (χ4v) is 2.79. The van der Waals surface area contributed by atoms with Gasteiger partial charge < -0.3 is 15.4 Å². The van der Waals surface area contributed by atoms with E-state index in [1.54, 1.807) is 27.0 Å². The molecule has 144 valence electrons. The zero-order valence-electron chi connectivity index (χ0n) is 15.8. The Kier molecular flexibility index (Phi) is 7.25. The smallest absolute Gasteiger partial charge is 0.235 e. The molecule has 0 radical (unpaired) electrons. The van der Waals surface area contributed by atoms with E-state index in [-0.39, 0.29) is 18.4 Å². The molecule has 0 saturated heterocycles. The molecule has 0 aliphatic carbocycles. The lowest BCUT2D eigenvalue weighted by Gasteiger charge is -2.23. The average Bonchev–Trinajstić information content (AvgIpc) is 2.67. The second kappa shape index (κ2) is 9.42. The minimum atomic E-state index is -1.19. The van der Waals surface area contributed by atoms with E-state index in [0.717, 1.165) is 16.9 Å². The summed E-state index contributed by atoms with van der Waals surface area (Å²) < 4.78 is 5.30. The first kappa shape index (κ1) is 20.8. The fourth-order valence-electron chi connectivity index (χ4n) is 2.58. The third kappa shape index (κ3) is 5.47. The van der Waals surface area contributed by atoms with Crippen molar-refractivity contribution in [1.82, 2.24) is 10.6 Å². The molecule has 2 aromatic carbocycles. The lowest BCUT2D eigenvalue weighted by molar-refractivity contribution is -0.141. The first-order valence-corrected chi connectivity index (χ1v) is 9.16. The van der Waals surface area contributed by atoms with Gasteiger partial charge >= 0.3 is 0 Å². The number of halogens is 1. The Morgan fingerprint density at radius 1 is 0.963 bits per heavy atom. The van der Waals surface area contributed by atoms with Crippen molar-refractivity contribution in [3.05, 3.63) is 64.7 Å². The van der Waals surface area contributed by atoms with Crippen molar-refractivity contribution in [3.8, 4) is 5.75 Å². The summed E-state index contributed by atoms with van der Waals surface area (Å²) in [5.74, 6) is 0.106. The third-order valence-corrected chi connectivity index (χ3v) is 4.77. The van der Waals surface area contributed by atoms with Crippen LogP contribution < -0.4 is 15.4 Å². The minimum absolute atomic E-state index is 0.274. The van der Waals surface area contributed by atoms with E-state index in [0.29, 0.717) is 18.0 Å². The quantitative estimate of drug-likeness (QED) is 0.681. The Labute approximate surface area is 165 Å². The molecule has 5 nitrogen and oxygen atoms in total. The third-order valence-electron chi connectivity index (χ3n) is 4.40. The molecule has 2 rings (SSSR count). The van der Waals surface area contributed by atoms with Gasteiger partial charge in [-0.3, -0.25) is 9.59 Å². The van der Waals surface area contributed by atoms with E-state index in [1.807, 2.05) is 42.5 Å². The number of para-hydroxylation sites is 1. The second-order valence-corrected chi connectivity index (χ2v) is 7.12. The van der Waals surface area contributed by atoms with Gasteiger partial charge in [0, 0.05) is 18.1 Å². The number of ether oxygens (including phenoxy) is 1. The molecule has 0 bridgehead atoms.